The van der Waals surface area contributed by atoms with Crippen LogP contribution in [0.3, 0.4) is 0 Å². The molecule has 0 amide bonds. The van der Waals surface area contributed by atoms with Crippen molar-refractivity contribution in [1.82, 2.24) is 5.32 Å². The summed E-state index contributed by atoms with van der Waals surface area (Å²) < 4.78 is 0. The number of nitrogens with one attached hydrogen (secondary N) is 1. The van der Waals surface area contributed by atoms with Crippen LogP contribution in [0.15, 0.2) is 35.3 Å². The van der Waals surface area contributed by atoms with Crippen LogP contribution in [0.2, 0.25) is 0 Å². The molecular weight excluding hydrogens is 272 g/mol. The molecule has 80 valence electrons. The van der Waals surface area contributed by atoms with Gasteiger partial charge in [-0.05, 0) is 5.56 Å². The molecule has 1 aromatic rings. The molecule has 1 unspecified atom stereocenters. The van der Waals surface area contributed by atoms with Crippen molar-refractivity contribution in [3.05, 3.63) is 35.9 Å². The average Bonchev–Trinajstić information content (AvgIpc) is 2.76. The van der Waals surface area contributed by atoms with Crippen LogP contribution < -0.4 is 5.32 Å². The van der Waals surface area contributed by atoms with Gasteiger partial charge in [0.25, 0.3) is 0 Å². The zero-order valence-corrected chi connectivity index (χ0v) is 10.7. The van der Waals surface area contributed by atoms with E-state index in [9.17, 15) is 0 Å². The van der Waals surface area contributed by atoms with E-state index in [4.69, 9.17) is 0 Å². The Morgan fingerprint density at radius 1 is 1.40 bits per heavy atom. The van der Waals surface area contributed by atoms with Gasteiger partial charge in [0.1, 0.15) is 0 Å². The second kappa shape index (κ2) is 5.56. The second-order valence-electron chi connectivity index (χ2n) is 3.38. The lowest BCUT2D eigenvalue weighted by Crippen LogP contribution is -2.18. The Morgan fingerprint density at radius 3 is 2.87 bits per heavy atom. The molecule has 2 nitrogen and oxygen atoms in total. The molecule has 0 bridgehead atoms. The monoisotopic (exact) mass is 284 g/mol. The molecule has 1 N–H and O–H groups in total. The molecular formula is C11H13BrN2S. The Labute approximate surface area is 103 Å². The van der Waals surface area contributed by atoms with Gasteiger partial charge in [0.05, 0.1) is 6.54 Å². The van der Waals surface area contributed by atoms with Crippen LogP contribution in [0.1, 0.15) is 5.56 Å². The summed E-state index contributed by atoms with van der Waals surface area (Å²) in [5.74, 6) is 0. The highest BCUT2D eigenvalue weighted by Crippen LogP contribution is 2.21. The lowest BCUT2D eigenvalue weighted by atomic mass is 10.2. The van der Waals surface area contributed by atoms with Gasteiger partial charge in [0.2, 0.25) is 0 Å². The molecule has 1 aromatic carbocycles. The van der Waals surface area contributed by atoms with E-state index in [-0.39, 0.29) is 0 Å². The number of nitrogens with zero attached hydrogens (tertiary/aromatic N) is 1. The van der Waals surface area contributed by atoms with Crippen LogP contribution in [-0.4, -0.2) is 22.3 Å². The fourth-order valence-electron chi connectivity index (χ4n) is 1.37. The number of amidine groups is 1. The third-order valence-electron chi connectivity index (χ3n) is 2.18. The SMILES string of the molecule is BrCC1CN=C(NCc2ccccc2)S1. The first-order valence-electron chi connectivity index (χ1n) is 4.93. The number of hydrogen-bond donors (Lipinski definition) is 1. The Morgan fingerprint density at radius 2 is 2.20 bits per heavy atom. The van der Waals surface area contributed by atoms with E-state index in [1.807, 2.05) is 17.8 Å². The van der Waals surface area contributed by atoms with Gasteiger partial charge in [-0.3, -0.25) is 4.99 Å². The summed E-state index contributed by atoms with van der Waals surface area (Å²) in [4.78, 5) is 4.44. The quantitative estimate of drug-likeness (QED) is 0.863. The van der Waals surface area contributed by atoms with Crippen molar-refractivity contribution in [2.45, 2.75) is 11.8 Å². The molecule has 4 heteroatoms. The van der Waals surface area contributed by atoms with Crippen molar-refractivity contribution in [3.8, 4) is 0 Å². The first kappa shape index (κ1) is 11.0. The van der Waals surface area contributed by atoms with Gasteiger partial charge in [-0.25, -0.2) is 0 Å². The topological polar surface area (TPSA) is 24.4 Å². The molecule has 0 fully saturated rings. The van der Waals surface area contributed by atoms with Crippen molar-refractivity contribution in [3.63, 3.8) is 0 Å². The highest BCUT2D eigenvalue weighted by Gasteiger charge is 2.17. The van der Waals surface area contributed by atoms with Crippen LogP contribution in [0, 0.1) is 0 Å². The van der Waals surface area contributed by atoms with E-state index >= 15 is 0 Å². The maximum atomic E-state index is 4.44. The van der Waals surface area contributed by atoms with E-state index in [0.717, 1.165) is 23.6 Å². The van der Waals surface area contributed by atoms with Crippen LogP contribution in [0.5, 0.6) is 0 Å². The maximum absolute atomic E-state index is 4.44. The third-order valence-corrected chi connectivity index (χ3v) is 4.53. The van der Waals surface area contributed by atoms with Gasteiger partial charge >= 0.3 is 0 Å². The summed E-state index contributed by atoms with van der Waals surface area (Å²) in [6.07, 6.45) is 0. The number of benzene rings is 1. The minimum atomic E-state index is 0.600. The minimum absolute atomic E-state index is 0.600. The first-order valence-corrected chi connectivity index (χ1v) is 6.93. The molecule has 1 aliphatic heterocycles. The van der Waals surface area contributed by atoms with Crippen LogP contribution >= 0.6 is 27.7 Å². The lowest BCUT2D eigenvalue weighted by Gasteiger charge is -2.06. The molecule has 0 radical (unpaired) electrons. The molecule has 0 saturated carbocycles. The summed E-state index contributed by atoms with van der Waals surface area (Å²) >= 11 is 5.30. The molecule has 1 aliphatic rings. The highest BCUT2D eigenvalue weighted by atomic mass is 79.9. The second-order valence-corrected chi connectivity index (χ2v) is 5.32. The number of alkyl halides is 1. The Kier molecular flexibility index (Phi) is 4.09. The summed E-state index contributed by atoms with van der Waals surface area (Å²) in [5, 5.41) is 6.04. The fourth-order valence-corrected chi connectivity index (χ4v) is 2.80. The predicted molar refractivity (Wildman–Crippen MR) is 70.8 cm³/mol. The van der Waals surface area contributed by atoms with Crippen LogP contribution in [0.25, 0.3) is 0 Å². The van der Waals surface area contributed by atoms with E-state index < -0.39 is 0 Å². The number of hydrogen-bond acceptors (Lipinski definition) is 3. The van der Waals surface area contributed by atoms with Gasteiger partial charge in [0, 0.05) is 17.1 Å². The van der Waals surface area contributed by atoms with Crippen molar-refractivity contribution in [2.75, 3.05) is 11.9 Å². The van der Waals surface area contributed by atoms with Crippen LogP contribution in [-0.2, 0) is 6.54 Å². The van der Waals surface area contributed by atoms with Crippen LogP contribution in [0.4, 0.5) is 0 Å². The zero-order valence-electron chi connectivity index (χ0n) is 8.32. The number of thioether (sulfide) groups is 1. The summed E-state index contributed by atoms with van der Waals surface area (Å²) in [6, 6.07) is 10.4. The molecule has 0 saturated heterocycles. The maximum Gasteiger partial charge on any atom is 0.157 e. The van der Waals surface area contributed by atoms with E-state index in [1.165, 1.54) is 5.56 Å². The van der Waals surface area contributed by atoms with E-state index in [1.54, 1.807) is 0 Å². The molecule has 15 heavy (non-hydrogen) atoms. The Hall–Kier alpha value is -0.480. The van der Waals surface area contributed by atoms with Gasteiger partial charge in [-0.2, -0.15) is 0 Å². The normalized spacial score (nSPS) is 20.1. The summed E-state index contributed by atoms with van der Waals surface area (Å²) in [6.45, 7) is 1.79. The Bertz CT molecular complexity index is 340. The van der Waals surface area contributed by atoms with Crippen molar-refractivity contribution >= 4 is 32.9 Å². The number of aliphatic imine (C=N–C) groups is 1. The average molecular weight is 285 g/mol. The molecule has 2 rings (SSSR count). The first-order chi connectivity index (χ1) is 7.38. The standard InChI is InChI=1S/C11H13BrN2S/c12-6-10-8-14-11(15-10)13-7-9-4-2-1-3-5-9/h1-5,10H,6-8H2,(H,13,14). The van der Waals surface area contributed by atoms with Crippen molar-refractivity contribution < 1.29 is 0 Å². The lowest BCUT2D eigenvalue weighted by molar-refractivity contribution is 0.916. The molecule has 0 aromatic heterocycles. The van der Waals surface area contributed by atoms with E-state index in [2.05, 4.69) is 50.5 Å². The Balaban J connectivity index is 1.80. The fraction of sp³-hybridized carbons (Fsp3) is 0.364. The van der Waals surface area contributed by atoms with Gasteiger partial charge in [0.15, 0.2) is 5.17 Å². The molecule has 0 spiro atoms. The summed E-state index contributed by atoms with van der Waals surface area (Å²) in [7, 11) is 0. The molecule has 0 aliphatic carbocycles. The van der Waals surface area contributed by atoms with Crippen molar-refractivity contribution in [2.24, 2.45) is 4.99 Å². The smallest absolute Gasteiger partial charge is 0.157 e. The van der Waals surface area contributed by atoms with Crippen molar-refractivity contribution in [1.29, 1.82) is 0 Å². The number of halogens is 1. The minimum Gasteiger partial charge on any atom is -0.361 e. The predicted octanol–water partition coefficient (Wildman–Crippen LogP) is 2.64. The molecule has 1 atom stereocenters. The largest absolute Gasteiger partial charge is 0.361 e. The summed E-state index contributed by atoms with van der Waals surface area (Å²) in [5.41, 5.74) is 1.29. The van der Waals surface area contributed by atoms with E-state index in [0.29, 0.717) is 5.25 Å². The van der Waals surface area contributed by atoms with Gasteiger partial charge in [-0.15, -0.1) is 0 Å². The third kappa shape index (κ3) is 3.24. The molecule has 1 heterocycles. The van der Waals surface area contributed by atoms with Gasteiger partial charge < -0.3 is 5.32 Å². The number of rotatable bonds is 3. The highest BCUT2D eigenvalue weighted by molar-refractivity contribution is 9.09. The van der Waals surface area contributed by atoms with Gasteiger partial charge in [-0.1, -0.05) is 58.0 Å². The zero-order chi connectivity index (χ0) is 10.5.